The fourth-order valence-corrected chi connectivity index (χ4v) is 5.37. The number of benzene rings is 2. The van der Waals surface area contributed by atoms with Crippen molar-refractivity contribution < 1.29 is 0 Å². The number of hydrogen-bond acceptors (Lipinski definition) is 2. The van der Waals surface area contributed by atoms with Gasteiger partial charge in [0.2, 0.25) is 0 Å². The Morgan fingerprint density at radius 2 is 1.66 bits per heavy atom. The Labute approximate surface area is 202 Å². The fourth-order valence-electron chi connectivity index (χ4n) is 4.64. The standard InChI is InChI=1S/C26H23BrN4S/c1-17-15-22(18(2)30(17)21-12-8-9-19(27)16-21)25-24(23-13-6-7-14-28-23)29-26(32)31(25)20-10-4-3-5-11-20/h3-16,24-25H,1-2H3,(H,29,32). The molecule has 0 saturated carbocycles. The molecule has 0 amide bonds. The van der Waals surface area contributed by atoms with Crippen LogP contribution in [-0.4, -0.2) is 14.7 Å². The van der Waals surface area contributed by atoms with Gasteiger partial charge in [0, 0.05) is 33.4 Å². The van der Waals surface area contributed by atoms with Gasteiger partial charge >= 0.3 is 0 Å². The second kappa shape index (κ2) is 8.52. The molecule has 6 heteroatoms. The minimum atomic E-state index is -0.0552. The molecule has 0 spiro atoms. The average molecular weight is 503 g/mol. The van der Waals surface area contributed by atoms with Crippen LogP contribution in [0.2, 0.25) is 0 Å². The third kappa shape index (κ3) is 3.63. The summed E-state index contributed by atoms with van der Waals surface area (Å²) in [7, 11) is 0. The minimum Gasteiger partial charge on any atom is -0.351 e. The molecule has 32 heavy (non-hydrogen) atoms. The number of anilines is 1. The monoisotopic (exact) mass is 502 g/mol. The van der Waals surface area contributed by atoms with Gasteiger partial charge in [0.15, 0.2) is 5.11 Å². The number of hydrogen-bond donors (Lipinski definition) is 1. The van der Waals surface area contributed by atoms with Crippen molar-refractivity contribution in [2.45, 2.75) is 25.9 Å². The van der Waals surface area contributed by atoms with Crippen LogP contribution in [0.1, 0.15) is 34.7 Å². The number of halogens is 1. The lowest BCUT2D eigenvalue weighted by molar-refractivity contribution is 0.565. The number of thiocarbonyl (C=S) groups is 1. The fraction of sp³-hybridized carbons (Fsp3) is 0.154. The normalized spacial score (nSPS) is 18.1. The second-order valence-corrected chi connectivity index (χ2v) is 9.28. The van der Waals surface area contributed by atoms with Crippen molar-refractivity contribution in [3.05, 3.63) is 112 Å². The van der Waals surface area contributed by atoms with Crippen molar-refractivity contribution in [3.63, 3.8) is 0 Å². The van der Waals surface area contributed by atoms with E-state index in [1.807, 2.05) is 42.6 Å². The smallest absolute Gasteiger partial charge is 0.174 e. The predicted octanol–water partition coefficient (Wildman–Crippen LogP) is 6.43. The third-order valence-corrected chi connectivity index (χ3v) is 6.80. The Balaban J connectivity index is 1.68. The van der Waals surface area contributed by atoms with Gasteiger partial charge in [-0.05, 0) is 80.2 Å². The van der Waals surface area contributed by atoms with Gasteiger partial charge in [0.25, 0.3) is 0 Å². The largest absolute Gasteiger partial charge is 0.351 e. The van der Waals surface area contributed by atoms with Gasteiger partial charge in [-0.3, -0.25) is 4.98 Å². The Morgan fingerprint density at radius 3 is 2.38 bits per heavy atom. The maximum absolute atomic E-state index is 5.84. The number of nitrogens with zero attached hydrogens (tertiary/aromatic N) is 3. The highest BCUT2D eigenvalue weighted by molar-refractivity contribution is 9.10. The van der Waals surface area contributed by atoms with Crippen LogP contribution in [0.3, 0.4) is 0 Å². The van der Waals surface area contributed by atoms with Gasteiger partial charge in [-0.15, -0.1) is 0 Å². The molecule has 0 aliphatic carbocycles. The molecule has 4 nitrogen and oxygen atoms in total. The first-order chi connectivity index (χ1) is 15.5. The molecule has 1 N–H and O–H groups in total. The zero-order valence-corrected chi connectivity index (χ0v) is 20.3. The van der Waals surface area contributed by atoms with Gasteiger partial charge in [-0.25, -0.2) is 0 Å². The zero-order valence-electron chi connectivity index (χ0n) is 17.9. The van der Waals surface area contributed by atoms with E-state index in [1.165, 1.54) is 17.0 Å². The molecule has 1 aliphatic rings. The molecule has 1 aliphatic heterocycles. The molecule has 4 aromatic rings. The highest BCUT2D eigenvalue weighted by Gasteiger charge is 2.42. The van der Waals surface area contributed by atoms with E-state index >= 15 is 0 Å². The van der Waals surface area contributed by atoms with E-state index in [-0.39, 0.29) is 12.1 Å². The van der Waals surface area contributed by atoms with Crippen molar-refractivity contribution in [2.75, 3.05) is 4.90 Å². The number of aromatic nitrogens is 2. The molecule has 2 unspecified atom stereocenters. The van der Waals surface area contributed by atoms with Crippen LogP contribution >= 0.6 is 28.1 Å². The zero-order chi connectivity index (χ0) is 22.2. The summed E-state index contributed by atoms with van der Waals surface area (Å²) in [5, 5.41) is 4.26. The molecule has 1 fully saturated rings. The summed E-state index contributed by atoms with van der Waals surface area (Å²) in [6.45, 7) is 4.34. The van der Waals surface area contributed by atoms with E-state index in [4.69, 9.17) is 12.2 Å². The highest BCUT2D eigenvalue weighted by Crippen LogP contribution is 2.43. The van der Waals surface area contributed by atoms with Crippen molar-refractivity contribution >= 4 is 38.9 Å². The molecule has 3 heterocycles. The first-order valence-electron chi connectivity index (χ1n) is 10.5. The first kappa shape index (κ1) is 20.9. The molecule has 0 bridgehead atoms. The topological polar surface area (TPSA) is 33.1 Å². The maximum atomic E-state index is 5.84. The van der Waals surface area contributed by atoms with Crippen LogP contribution in [0.5, 0.6) is 0 Å². The minimum absolute atomic E-state index is 0.0214. The number of nitrogens with one attached hydrogen (secondary N) is 1. The quantitative estimate of drug-likeness (QED) is 0.326. The first-order valence-corrected chi connectivity index (χ1v) is 11.7. The number of aryl methyl sites for hydroxylation is 1. The SMILES string of the molecule is Cc1cc(C2C(c3ccccn3)NC(=S)N2c2ccccc2)c(C)n1-c1cccc(Br)c1. The van der Waals surface area contributed by atoms with Crippen LogP contribution in [0, 0.1) is 13.8 Å². The second-order valence-electron chi connectivity index (χ2n) is 7.97. The predicted molar refractivity (Wildman–Crippen MR) is 137 cm³/mol. The van der Waals surface area contributed by atoms with Crippen molar-refractivity contribution in [1.82, 2.24) is 14.9 Å². The molecule has 0 radical (unpaired) electrons. The lowest BCUT2D eigenvalue weighted by Crippen LogP contribution is -2.29. The lowest BCUT2D eigenvalue weighted by atomic mass is 9.96. The highest BCUT2D eigenvalue weighted by atomic mass is 79.9. The van der Waals surface area contributed by atoms with Crippen molar-refractivity contribution in [1.29, 1.82) is 0 Å². The number of para-hydroxylation sites is 1. The van der Waals surface area contributed by atoms with Crippen molar-refractivity contribution in [2.24, 2.45) is 0 Å². The van der Waals surface area contributed by atoms with Crippen LogP contribution in [0.4, 0.5) is 5.69 Å². The van der Waals surface area contributed by atoms with Gasteiger partial charge in [0.1, 0.15) is 0 Å². The van der Waals surface area contributed by atoms with Gasteiger partial charge in [-0.1, -0.05) is 46.3 Å². The van der Waals surface area contributed by atoms with Crippen LogP contribution in [-0.2, 0) is 0 Å². The third-order valence-electron chi connectivity index (χ3n) is 5.99. The van der Waals surface area contributed by atoms with E-state index < -0.39 is 0 Å². The molecule has 1 saturated heterocycles. The van der Waals surface area contributed by atoms with Crippen LogP contribution < -0.4 is 10.2 Å². The molecular formula is C26H23BrN4S. The summed E-state index contributed by atoms with van der Waals surface area (Å²) in [5.74, 6) is 0. The Bertz CT molecular complexity index is 1270. The maximum Gasteiger partial charge on any atom is 0.174 e. The van der Waals surface area contributed by atoms with Gasteiger partial charge in [-0.2, -0.15) is 0 Å². The summed E-state index contributed by atoms with van der Waals surface area (Å²) in [6.07, 6.45) is 1.84. The van der Waals surface area contributed by atoms with E-state index in [9.17, 15) is 0 Å². The Hall–Kier alpha value is -2.96. The molecule has 2 atom stereocenters. The van der Waals surface area contributed by atoms with E-state index in [1.54, 1.807) is 0 Å². The summed E-state index contributed by atoms with van der Waals surface area (Å²) in [5.41, 5.74) is 6.79. The number of pyridine rings is 1. The van der Waals surface area contributed by atoms with E-state index in [0.717, 1.165) is 21.5 Å². The average Bonchev–Trinajstić information content (AvgIpc) is 3.30. The van der Waals surface area contributed by atoms with Crippen LogP contribution in [0.25, 0.3) is 5.69 Å². The van der Waals surface area contributed by atoms with E-state index in [0.29, 0.717) is 5.11 Å². The van der Waals surface area contributed by atoms with Gasteiger partial charge in [0.05, 0.1) is 17.8 Å². The molecule has 2 aromatic heterocycles. The lowest BCUT2D eigenvalue weighted by Gasteiger charge is -2.28. The molecule has 5 rings (SSSR count). The summed E-state index contributed by atoms with van der Waals surface area (Å²) in [4.78, 5) is 6.89. The van der Waals surface area contributed by atoms with Crippen molar-refractivity contribution in [3.8, 4) is 5.69 Å². The number of rotatable bonds is 4. The molecule has 2 aromatic carbocycles. The molecule has 160 valence electrons. The Morgan fingerprint density at radius 1 is 0.906 bits per heavy atom. The summed E-state index contributed by atoms with van der Waals surface area (Å²) >= 11 is 9.46. The summed E-state index contributed by atoms with van der Waals surface area (Å²) < 4.78 is 3.37. The summed E-state index contributed by atoms with van der Waals surface area (Å²) in [6, 6.07) is 27.0. The van der Waals surface area contributed by atoms with E-state index in [2.05, 4.69) is 92.0 Å². The van der Waals surface area contributed by atoms with Crippen LogP contribution in [0.15, 0.2) is 89.5 Å². The van der Waals surface area contributed by atoms with Gasteiger partial charge < -0.3 is 14.8 Å². The Kier molecular flexibility index (Phi) is 5.57. The molecular weight excluding hydrogens is 480 g/mol.